The van der Waals surface area contributed by atoms with Gasteiger partial charge in [-0.3, -0.25) is 4.79 Å². The summed E-state index contributed by atoms with van der Waals surface area (Å²) < 4.78 is 0. The topological polar surface area (TPSA) is 42.9 Å². The van der Waals surface area contributed by atoms with Crippen molar-refractivity contribution in [2.24, 2.45) is 5.92 Å². The van der Waals surface area contributed by atoms with Gasteiger partial charge in [-0.05, 0) is 25.7 Å². The number of aromatic nitrogens is 2. The summed E-state index contributed by atoms with van der Waals surface area (Å²) in [4.78, 5) is 20.2. The smallest absolute Gasteiger partial charge is 0.169 e. The predicted molar refractivity (Wildman–Crippen MR) is 68.1 cm³/mol. The molecule has 2 aliphatic heterocycles. The average molecular weight is 248 g/mol. The summed E-state index contributed by atoms with van der Waals surface area (Å²) in [6, 6.07) is 0. The van der Waals surface area contributed by atoms with E-state index < -0.39 is 0 Å². The van der Waals surface area contributed by atoms with E-state index in [0.29, 0.717) is 16.1 Å². The molecule has 3 rings (SSSR count). The van der Waals surface area contributed by atoms with E-state index in [1.54, 1.807) is 12.4 Å². The summed E-state index contributed by atoms with van der Waals surface area (Å²) in [5, 5.41) is 1.42. The van der Waals surface area contributed by atoms with Gasteiger partial charge in [0, 0.05) is 28.8 Å². The molecule has 2 fully saturated rings. The van der Waals surface area contributed by atoms with Crippen LogP contribution in [0.25, 0.3) is 0 Å². The Morgan fingerprint density at radius 3 is 2.47 bits per heavy atom. The molecular weight excluding hydrogens is 232 g/mol. The monoisotopic (exact) mass is 248 g/mol. The molecule has 0 radical (unpaired) electrons. The maximum Gasteiger partial charge on any atom is 0.169 e. The molecule has 3 nitrogen and oxygen atoms in total. The van der Waals surface area contributed by atoms with Gasteiger partial charge < -0.3 is 0 Å². The molecule has 2 bridgehead atoms. The van der Waals surface area contributed by atoms with E-state index in [1.807, 2.05) is 0 Å². The van der Waals surface area contributed by atoms with Gasteiger partial charge in [0.1, 0.15) is 6.33 Å². The van der Waals surface area contributed by atoms with Gasteiger partial charge >= 0.3 is 0 Å². The van der Waals surface area contributed by atoms with Crippen molar-refractivity contribution in [3.8, 4) is 0 Å². The van der Waals surface area contributed by atoms with Crippen LogP contribution in [0.3, 0.4) is 0 Å². The number of carbonyl (C=O) groups excluding carboxylic acids is 1. The summed E-state index contributed by atoms with van der Waals surface area (Å²) in [5.74, 6) is 0.459. The first-order chi connectivity index (χ1) is 8.33. The number of thioether (sulfide) groups is 1. The van der Waals surface area contributed by atoms with Crippen molar-refractivity contribution in [2.75, 3.05) is 0 Å². The number of fused-ring (bicyclic) bond motifs is 2. The van der Waals surface area contributed by atoms with Gasteiger partial charge in [0.2, 0.25) is 0 Å². The summed E-state index contributed by atoms with van der Waals surface area (Å²) in [5.41, 5.74) is 0.683. The molecule has 0 saturated carbocycles. The third kappa shape index (κ3) is 2.37. The normalized spacial score (nSPS) is 32.1. The number of nitrogens with zero attached hydrogens (tertiary/aromatic N) is 2. The first kappa shape index (κ1) is 11.2. The zero-order valence-corrected chi connectivity index (χ0v) is 10.5. The molecule has 90 valence electrons. The lowest BCUT2D eigenvalue weighted by atomic mass is 9.85. The summed E-state index contributed by atoms with van der Waals surface area (Å²) >= 11 is 2.11. The lowest BCUT2D eigenvalue weighted by Gasteiger charge is -2.37. The summed E-state index contributed by atoms with van der Waals surface area (Å²) in [7, 11) is 0. The van der Waals surface area contributed by atoms with Crippen molar-refractivity contribution >= 4 is 17.5 Å². The van der Waals surface area contributed by atoms with Crippen molar-refractivity contribution in [1.82, 2.24) is 9.97 Å². The van der Waals surface area contributed by atoms with Crippen molar-refractivity contribution in [2.45, 2.75) is 42.6 Å². The standard InChI is InChI=1S/C13H16N2OS/c16-13(10-6-14-8-15-7-10)9-4-11-2-1-3-12(5-9)17-11/h6-9,11-12H,1-5H2. The Hall–Kier alpha value is -0.900. The number of rotatable bonds is 2. The zero-order chi connectivity index (χ0) is 11.7. The molecular formula is C13H16N2OS. The molecule has 0 spiro atoms. The van der Waals surface area contributed by atoms with Crippen LogP contribution < -0.4 is 0 Å². The number of hydrogen-bond donors (Lipinski definition) is 0. The van der Waals surface area contributed by atoms with Crippen LogP contribution in [0.4, 0.5) is 0 Å². The highest BCUT2D eigenvalue weighted by molar-refractivity contribution is 8.00. The van der Waals surface area contributed by atoms with E-state index in [9.17, 15) is 4.79 Å². The second-order valence-corrected chi connectivity index (χ2v) is 6.58. The minimum atomic E-state index is 0.206. The quantitative estimate of drug-likeness (QED) is 0.755. The largest absolute Gasteiger partial charge is 0.294 e. The number of ketones is 1. The van der Waals surface area contributed by atoms with Crippen LogP contribution in [0, 0.1) is 5.92 Å². The first-order valence-corrected chi connectivity index (χ1v) is 7.22. The van der Waals surface area contributed by atoms with E-state index in [-0.39, 0.29) is 11.7 Å². The molecule has 0 amide bonds. The Labute approximate surface area is 105 Å². The van der Waals surface area contributed by atoms with Crippen molar-refractivity contribution in [3.63, 3.8) is 0 Å². The second-order valence-electron chi connectivity index (χ2n) is 4.97. The number of hydrogen-bond acceptors (Lipinski definition) is 4. The Bertz CT molecular complexity index is 397. The van der Waals surface area contributed by atoms with Crippen LogP contribution >= 0.6 is 11.8 Å². The average Bonchev–Trinajstić information content (AvgIpc) is 2.38. The van der Waals surface area contributed by atoms with E-state index >= 15 is 0 Å². The van der Waals surface area contributed by atoms with Crippen LogP contribution in [-0.2, 0) is 0 Å². The Morgan fingerprint density at radius 2 is 1.82 bits per heavy atom. The van der Waals surface area contributed by atoms with Crippen LogP contribution in [0.5, 0.6) is 0 Å². The van der Waals surface area contributed by atoms with Crippen LogP contribution in [0.2, 0.25) is 0 Å². The third-order valence-electron chi connectivity index (χ3n) is 3.75. The Kier molecular flexibility index (Phi) is 3.14. The van der Waals surface area contributed by atoms with E-state index in [0.717, 1.165) is 12.8 Å². The lowest BCUT2D eigenvalue weighted by Crippen LogP contribution is -2.33. The molecule has 2 aliphatic rings. The molecule has 1 aromatic heterocycles. The van der Waals surface area contributed by atoms with E-state index in [4.69, 9.17) is 0 Å². The van der Waals surface area contributed by atoms with Gasteiger partial charge in [-0.1, -0.05) is 6.42 Å². The Morgan fingerprint density at radius 1 is 1.18 bits per heavy atom. The first-order valence-electron chi connectivity index (χ1n) is 6.27. The van der Waals surface area contributed by atoms with Crippen molar-refractivity contribution < 1.29 is 4.79 Å². The fraction of sp³-hybridized carbons (Fsp3) is 0.615. The van der Waals surface area contributed by atoms with Crippen LogP contribution in [0.1, 0.15) is 42.5 Å². The van der Waals surface area contributed by atoms with E-state index in [2.05, 4.69) is 21.7 Å². The van der Waals surface area contributed by atoms with Crippen molar-refractivity contribution in [1.29, 1.82) is 0 Å². The zero-order valence-electron chi connectivity index (χ0n) is 9.71. The SMILES string of the molecule is O=C(c1cncnc1)C1CC2CCCC(C1)S2. The van der Waals surface area contributed by atoms with E-state index in [1.165, 1.54) is 25.6 Å². The highest BCUT2D eigenvalue weighted by Crippen LogP contribution is 2.44. The molecule has 17 heavy (non-hydrogen) atoms. The lowest BCUT2D eigenvalue weighted by molar-refractivity contribution is 0.0896. The minimum absolute atomic E-state index is 0.206. The molecule has 3 heterocycles. The number of Topliss-reactive ketones (excluding diaryl/α,β-unsaturated/α-hetero) is 1. The van der Waals surface area contributed by atoms with Gasteiger partial charge in [-0.15, -0.1) is 0 Å². The minimum Gasteiger partial charge on any atom is -0.294 e. The van der Waals surface area contributed by atoms with Gasteiger partial charge in [0.25, 0.3) is 0 Å². The highest BCUT2D eigenvalue weighted by atomic mass is 32.2. The molecule has 0 N–H and O–H groups in total. The fourth-order valence-corrected chi connectivity index (χ4v) is 4.77. The third-order valence-corrected chi connectivity index (χ3v) is 5.37. The van der Waals surface area contributed by atoms with Gasteiger partial charge in [0.05, 0.1) is 5.56 Å². The highest BCUT2D eigenvalue weighted by Gasteiger charge is 2.35. The summed E-state index contributed by atoms with van der Waals surface area (Å²) in [6.45, 7) is 0. The number of carbonyl (C=O) groups is 1. The van der Waals surface area contributed by atoms with Gasteiger partial charge in [-0.25, -0.2) is 9.97 Å². The fourth-order valence-electron chi connectivity index (χ4n) is 2.94. The van der Waals surface area contributed by atoms with Crippen LogP contribution in [0.15, 0.2) is 18.7 Å². The second kappa shape index (κ2) is 4.77. The molecule has 0 aromatic carbocycles. The molecule has 0 aliphatic carbocycles. The Balaban J connectivity index is 1.74. The molecule has 1 aromatic rings. The van der Waals surface area contributed by atoms with Crippen molar-refractivity contribution in [3.05, 3.63) is 24.3 Å². The molecule has 4 heteroatoms. The van der Waals surface area contributed by atoms with Gasteiger partial charge in [0.15, 0.2) is 5.78 Å². The van der Waals surface area contributed by atoms with Gasteiger partial charge in [-0.2, -0.15) is 11.8 Å². The molecule has 2 unspecified atom stereocenters. The maximum atomic E-state index is 12.3. The maximum absolute atomic E-state index is 12.3. The summed E-state index contributed by atoms with van der Waals surface area (Å²) in [6.07, 6.45) is 10.8. The molecule has 2 atom stereocenters. The predicted octanol–water partition coefficient (Wildman–Crippen LogP) is 2.72. The van der Waals surface area contributed by atoms with Crippen LogP contribution in [-0.4, -0.2) is 26.3 Å². The molecule has 2 saturated heterocycles.